The third-order valence-electron chi connectivity index (χ3n) is 3.62. The molecule has 0 fully saturated rings. The van der Waals surface area contributed by atoms with Gasteiger partial charge in [-0.15, -0.1) is 0 Å². The van der Waals surface area contributed by atoms with Crippen molar-refractivity contribution in [2.75, 3.05) is 17.8 Å². The van der Waals surface area contributed by atoms with Gasteiger partial charge in [-0.05, 0) is 61.3 Å². The number of hydrogen-bond acceptors (Lipinski definition) is 4. The number of hydrogen-bond donors (Lipinski definition) is 1. The molecule has 4 nitrogen and oxygen atoms in total. The van der Waals surface area contributed by atoms with E-state index in [0.29, 0.717) is 24.9 Å². The zero-order chi connectivity index (χ0) is 16.9. The highest BCUT2D eigenvalue weighted by molar-refractivity contribution is 9.09. The predicted molar refractivity (Wildman–Crippen MR) is 93.8 cm³/mol. The normalized spacial score (nSPS) is 14.5. The van der Waals surface area contributed by atoms with E-state index in [1.807, 2.05) is 34.6 Å². The maximum atomic E-state index is 12.6. The Morgan fingerprint density at radius 2 is 1.52 bits per heavy atom. The fourth-order valence-corrected chi connectivity index (χ4v) is 4.18. The molecule has 0 atom stereocenters. The minimum Gasteiger partial charge on any atom is -0.376 e. The summed E-state index contributed by atoms with van der Waals surface area (Å²) in [7, 11) is -3.16. The average Bonchev–Trinajstić information content (AvgIpc) is 2.24. The lowest BCUT2D eigenvalue weighted by Gasteiger charge is -2.30. The zero-order valence-electron chi connectivity index (χ0n) is 14.5. The Hall–Kier alpha value is 0.350. The summed E-state index contributed by atoms with van der Waals surface area (Å²) in [4.78, 5) is 0. The largest absolute Gasteiger partial charge is 0.376 e. The maximum absolute atomic E-state index is 12.6. The van der Waals surface area contributed by atoms with E-state index < -0.39 is 14.6 Å². The molecular formula is C15H32BrNO3S. The topological polar surface area (TPSA) is 55.4 Å². The Morgan fingerprint density at radius 1 is 1.00 bits per heavy atom. The summed E-state index contributed by atoms with van der Waals surface area (Å²) in [5.74, 6) is 0.183. The minimum absolute atomic E-state index is 0.183. The summed E-state index contributed by atoms with van der Waals surface area (Å²) in [6.07, 6.45) is 1.10. The van der Waals surface area contributed by atoms with Gasteiger partial charge in [0.2, 0.25) is 0 Å². The molecule has 0 bridgehead atoms. The molecule has 0 amide bonds. The number of alkyl halides is 1. The quantitative estimate of drug-likeness (QED) is 0.487. The molecule has 0 aromatic rings. The van der Waals surface area contributed by atoms with Crippen LogP contribution in [0, 0.1) is 0 Å². The highest BCUT2D eigenvalue weighted by Crippen LogP contribution is 2.25. The number of ether oxygens (including phenoxy) is 1. The van der Waals surface area contributed by atoms with Crippen LogP contribution in [0.4, 0.5) is 0 Å². The molecule has 0 rings (SSSR count). The second kappa shape index (κ2) is 7.75. The van der Waals surface area contributed by atoms with Gasteiger partial charge in [-0.2, -0.15) is 0 Å². The van der Waals surface area contributed by atoms with Crippen LogP contribution in [0.3, 0.4) is 0 Å². The van der Waals surface area contributed by atoms with Crippen LogP contribution in [-0.2, 0) is 14.6 Å². The molecule has 0 saturated carbocycles. The van der Waals surface area contributed by atoms with Crippen molar-refractivity contribution in [1.82, 2.24) is 5.32 Å². The van der Waals surface area contributed by atoms with E-state index in [4.69, 9.17) is 4.74 Å². The van der Waals surface area contributed by atoms with Crippen LogP contribution in [0.5, 0.6) is 0 Å². The van der Waals surface area contributed by atoms with Crippen molar-refractivity contribution in [3.05, 3.63) is 0 Å². The van der Waals surface area contributed by atoms with E-state index in [9.17, 15) is 8.42 Å². The van der Waals surface area contributed by atoms with Crippen LogP contribution in [0.15, 0.2) is 0 Å². The standard InChI is InChI=1S/C15H32BrNO3S/c1-13(2,3)20-10-8-15(6,7)21(18,19)11-9-14(4,5)17-12-16/h17H,8-12H2,1-7H3. The van der Waals surface area contributed by atoms with Crippen molar-refractivity contribution in [3.63, 3.8) is 0 Å². The molecular weight excluding hydrogens is 354 g/mol. The van der Waals surface area contributed by atoms with Gasteiger partial charge in [-0.25, -0.2) is 8.42 Å². The number of halogens is 1. The molecule has 0 aliphatic carbocycles. The molecule has 0 aliphatic heterocycles. The zero-order valence-corrected chi connectivity index (χ0v) is 16.9. The van der Waals surface area contributed by atoms with Gasteiger partial charge in [0.15, 0.2) is 9.84 Å². The summed E-state index contributed by atoms with van der Waals surface area (Å²) in [6, 6.07) is 0. The van der Waals surface area contributed by atoms with Gasteiger partial charge in [0.1, 0.15) is 0 Å². The van der Waals surface area contributed by atoms with Crippen molar-refractivity contribution in [2.24, 2.45) is 0 Å². The highest BCUT2D eigenvalue weighted by atomic mass is 79.9. The van der Waals surface area contributed by atoms with Gasteiger partial charge in [0, 0.05) is 12.1 Å². The molecule has 0 saturated heterocycles. The van der Waals surface area contributed by atoms with Crippen LogP contribution in [-0.4, -0.2) is 42.1 Å². The Bertz CT molecular complexity index is 411. The van der Waals surface area contributed by atoms with Crippen LogP contribution in [0.2, 0.25) is 0 Å². The van der Waals surface area contributed by atoms with E-state index in [-0.39, 0.29) is 16.9 Å². The van der Waals surface area contributed by atoms with Crippen LogP contribution in [0.1, 0.15) is 61.3 Å². The van der Waals surface area contributed by atoms with Gasteiger partial charge in [0.05, 0.1) is 21.6 Å². The van der Waals surface area contributed by atoms with Gasteiger partial charge in [-0.3, -0.25) is 0 Å². The Labute approximate surface area is 139 Å². The van der Waals surface area contributed by atoms with Crippen molar-refractivity contribution in [3.8, 4) is 0 Å². The summed E-state index contributed by atoms with van der Waals surface area (Å²) in [6.45, 7) is 14.0. The summed E-state index contributed by atoms with van der Waals surface area (Å²) in [5, 5.41) is 3.24. The molecule has 0 spiro atoms. The lowest BCUT2D eigenvalue weighted by atomic mass is 10.0. The first kappa shape index (κ1) is 21.4. The lowest BCUT2D eigenvalue weighted by Crippen LogP contribution is -2.43. The van der Waals surface area contributed by atoms with Crippen LogP contribution in [0.25, 0.3) is 0 Å². The van der Waals surface area contributed by atoms with Gasteiger partial charge >= 0.3 is 0 Å². The minimum atomic E-state index is -3.16. The predicted octanol–water partition coefficient (Wildman–Crippen LogP) is 3.50. The SMILES string of the molecule is CC(C)(CCS(=O)(=O)C(C)(C)CCOC(C)(C)C)NCBr. The van der Waals surface area contributed by atoms with Crippen molar-refractivity contribution >= 4 is 25.8 Å². The molecule has 0 heterocycles. The van der Waals surface area contributed by atoms with Crippen molar-refractivity contribution < 1.29 is 13.2 Å². The van der Waals surface area contributed by atoms with E-state index in [1.54, 1.807) is 13.8 Å². The first-order valence-electron chi connectivity index (χ1n) is 7.40. The van der Waals surface area contributed by atoms with E-state index >= 15 is 0 Å². The highest BCUT2D eigenvalue weighted by Gasteiger charge is 2.35. The lowest BCUT2D eigenvalue weighted by molar-refractivity contribution is -0.00658. The van der Waals surface area contributed by atoms with Crippen LogP contribution < -0.4 is 5.32 Å². The fourth-order valence-electron chi connectivity index (χ4n) is 1.69. The molecule has 128 valence electrons. The molecule has 6 heteroatoms. The second-order valence-corrected chi connectivity index (χ2v) is 11.0. The molecule has 0 radical (unpaired) electrons. The summed E-state index contributed by atoms with van der Waals surface area (Å²) in [5.41, 5.74) is 0.221. The summed E-state index contributed by atoms with van der Waals surface area (Å²) < 4.78 is 30.0. The molecule has 0 aromatic heterocycles. The molecule has 0 unspecified atom stereocenters. The van der Waals surface area contributed by atoms with Gasteiger partial charge < -0.3 is 10.1 Å². The molecule has 1 N–H and O–H groups in total. The van der Waals surface area contributed by atoms with Gasteiger partial charge in [-0.1, -0.05) is 15.9 Å². The Kier molecular flexibility index (Phi) is 7.88. The Morgan fingerprint density at radius 3 is 1.95 bits per heavy atom. The Balaban J connectivity index is 4.59. The molecule has 21 heavy (non-hydrogen) atoms. The van der Waals surface area contributed by atoms with Crippen molar-refractivity contribution in [1.29, 1.82) is 0 Å². The van der Waals surface area contributed by atoms with E-state index in [1.165, 1.54) is 0 Å². The number of sulfone groups is 1. The smallest absolute Gasteiger partial charge is 0.155 e. The first-order valence-corrected chi connectivity index (χ1v) is 10.2. The third-order valence-corrected chi connectivity index (χ3v) is 6.53. The van der Waals surface area contributed by atoms with Crippen LogP contribution >= 0.6 is 15.9 Å². The third kappa shape index (κ3) is 8.53. The summed E-state index contributed by atoms with van der Waals surface area (Å²) >= 11 is 3.32. The fraction of sp³-hybridized carbons (Fsp3) is 1.00. The molecule has 0 aliphatic rings. The monoisotopic (exact) mass is 385 g/mol. The average molecular weight is 386 g/mol. The number of nitrogens with one attached hydrogen (secondary N) is 1. The number of rotatable bonds is 9. The van der Waals surface area contributed by atoms with E-state index in [2.05, 4.69) is 21.2 Å². The first-order chi connectivity index (χ1) is 9.22. The second-order valence-electron chi connectivity index (χ2n) is 7.73. The van der Waals surface area contributed by atoms with Crippen molar-refractivity contribution in [2.45, 2.75) is 77.2 Å². The maximum Gasteiger partial charge on any atom is 0.155 e. The molecule has 0 aromatic carbocycles. The van der Waals surface area contributed by atoms with Gasteiger partial charge in [0.25, 0.3) is 0 Å². The van der Waals surface area contributed by atoms with E-state index in [0.717, 1.165) is 0 Å².